The smallest absolute Gasteiger partial charge is 0.0368 e. The monoisotopic (exact) mass is 232 g/mol. The highest BCUT2D eigenvalue weighted by molar-refractivity contribution is 5.48. The van der Waals surface area contributed by atoms with Crippen molar-refractivity contribution < 1.29 is 0 Å². The summed E-state index contributed by atoms with van der Waals surface area (Å²) < 4.78 is 0. The minimum Gasteiger partial charge on any atom is -0.371 e. The summed E-state index contributed by atoms with van der Waals surface area (Å²) in [5.74, 6) is 0. The second kappa shape index (κ2) is 6.06. The first kappa shape index (κ1) is 12.4. The molecule has 1 atom stereocenters. The van der Waals surface area contributed by atoms with Crippen molar-refractivity contribution in [1.82, 2.24) is 5.32 Å². The van der Waals surface area contributed by atoms with Gasteiger partial charge in [0.25, 0.3) is 0 Å². The van der Waals surface area contributed by atoms with Gasteiger partial charge in [0.05, 0.1) is 0 Å². The van der Waals surface area contributed by atoms with Gasteiger partial charge in [0.2, 0.25) is 0 Å². The van der Waals surface area contributed by atoms with E-state index in [0.29, 0.717) is 6.04 Å². The minimum absolute atomic E-state index is 0.697. The molecule has 1 saturated heterocycles. The Hall–Kier alpha value is -1.02. The highest BCUT2D eigenvalue weighted by Gasteiger charge is 2.13. The van der Waals surface area contributed by atoms with Crippen molar-refractivity contribution in [3.05, 3.63) is 29.8 Å². The van der Waals surface area contributed by atoms with Gasteiger partial charge in [-0.1, -0.05) is 19.1 Å². The fourth-order valence-electron chi connectivity index (χ4n) is 2.53. The molecule has 0 bridgehead atoms. The highest BCUT2D eigenvalue weighted by Crippen LogP contribution is 2.18. The molecule has 0 spiro atoms. The molecule has 0 aromatic heterocycles. The Morgan fingerprint density at radius 2 is 2.24 bits per heavy atom. The number of benzene rings is 1. The van der Waals surface area contributed by atoms with E-state index in [1.165, 1.54) is 43.6 Å². The summed E-state index contributed by atoms with van der Waals surface area (Å²) in [6.45, 7) is 7.95. The van der Waals surface area contributed by atoms with Gasteiger partial charge in [0.1, 0.15) is 0 Å². The average molecular weight is 232 g/mol. The number of hydrogen-bond donors (Lipinski definition) is 1. The van der Waals surface area contributed by atoms with Crippen molar-refractivity contribution >= 4 is 5.69 Å². The SMILES string of the molecule is CCC1CCN(c2cccc(C)c2)CCCN1. The maximum absolute atomic E-state index is 3.63. The normalized spacial score (nSPS) is 22.0. The predicted molar refractivity (Wildman–Crippen MR) is 74.7 cm³/mol. The standard InChI is InChI=1S/C15H24N2/c1-3-14-8-11-17(10-5-9-16-14)15-7-4-6-13(2)12-15/h4,6-7,12,14,16H,3,5,8-11H2,1-2H3. The molecule has 1 aromatic rings. The fourth-order valence-corrected chi connectivity index (χ4v) is 2.53. The van der Waals surface area contributed by atoms with E-state index in [-0.39, 0.29) is 0 Å². The molecule has 1 fully saturated rings. The molecule has 0 saturated carbocycles. The summed E-state index contributed by atoms with van der Waals surface area (Å²) >= 11 is 0. The average Bonchev–Trinajstić information content (AvgIpc) is 2.29. The minimum atomic E-state index is 0.697. The van der Waals surface area contributed by atoms with E-state index >= 15 is 0 Å². The van der Waals surface area contributed by atoms with Gasteiger partial charge in [-0.15, -0.1) is 0 Å². The van der Waals surface area contributed by atoms with Crippen LogP contribution in [0.2, 0.25) is 0 Å². The first-order valence-corrected chi connectivity index (χ1v) is 6.84. The van der Waals surface area contributed by atoms with E-state index in [2.05, 4.69) is 48.3 Å². The second-order valence-electron chi connectivity index (χ2n) is 5.03. The number of nitrogens with zero attached hydrogens (tertiary/aromatic N) is 1. The van der Waals surface area contributed by atoms with Gasteiger partial charge in [0, 0.05) is 24.8 Å². The molecule has 2 nitrogen and oxygen atoms in total. The van der Waals surface area contributed by atoms with Gasteiger partial charge in [-0.05, 0) is 50.4 Å². The van der Waals surface area contributed by atoms with Gasteiger partial charge in [-0.2, -0.15) is 0 Å². The lowest BCUT2D eigenvalue weighted by Crippen LogP contribution is -2.39. The van der Waals surface area contributed by atoms with Crippen molar-refractivity contribution in [3.8, 4) is 0 Å². The van der Waals surface area contributed by atoms with Crippen molar-refractivity contribution in [1.29, 1.82) is 0 Å². The molecule has 17 heavy (non-hydrogen) atoms. The van der Waals surface area contributed by atoms with Crippen LogP contribution in [0.3, 0.4) is 0 Å². The number of nitrogens with one attached hydrogen (secondary N) is 1. The van der Waals surface area contributed by atoms with Crippen LogP contribution in [0.5, 0.6) is 0 Å². The number of aryl methyl sites for hydroxylation is 1. The molecule has 2 rings (SSSR count). The predicted octanol–water partition coefficient (Wildman–Crippen LogP) is 2.96. The van der Waals surface area contributed by atoms with Gasteiger partial charge in [-0.3, -0.25) is 0 Å². The Bertz CT molecular complexity index is 349. The van der Waals surface area contributed by atoms with Gasteiger partial charge in [-0.25, -0.2) is 0 Å². The molecule has 1 N–H and O–H groups in total. The Balaban J connectivity index is 2.04. The second-order valence-corrected chi connectivity index (χ2v) is 5.03. The molecule has 0 amide bonds. The lowest BCUT2D eigenvalue weighted by atomic mass is 10.1. The maximum Gasteiger partial charge on any atom is 0.0368 e. The van der Waals surface area contributed by atoms with E-state index < -0.39 is 0 Å². The summed E-state index contributed by atoms with van der Waals surface area (Å²) in [6, 6.07) is 9.57. The van der Waals surface area contributed by atoms with E-state index in [1.54, 1.807) is 0 Å². The topological polar surface area (TPSA) is 15.3 Å². The number of hydrogen-bond acceptors (Lipinski definition) is 2. The molecule has 1 unspecified atom stereocenters. The Labute approximate surface area is 105 Å². The molecule has 1 aliphatic rings. The summed E-state index contributed by atoms with van der Waals surface area (Å²) in [7, 11) is 0. The van der Waals surface area contributed by atoms with Crippen molar-refractivity contribution in [2.75, 3.05) is 24.5 Å². The highest BCUT2D eigenvalue weighted by atomic mass is 15.1. The third-order valence-corrected chi connectivity index (χ3v) is 3.64. The van der Waals surface area contributed by atoms with Crippen LogP contribution in [0.25, 0.3) is 0 Å². The van der Waals surface area contributed by atoms with Crippen molar-refractivity contribution in [3.63, 3.8) is 0 Å². The van der Waals surface area contributed by atoms with Crippen LogP contribution in [0, 0.1) is 6.92 Å². The summed E-state index contributed by atoms with van der Waals surface area (Å²) in [6.07, 6.45) is 3.73. The third-order valence-electron chi connectivity index (χ3n) is 3.64. The first-order valence-electron chi connectivity index (χ1n) is 6.84. The molecular formula is C15H24N2. The summed E-state index contributed by atoms with van der Waals surface area (Å²) in [5, 5.41) is 3.63. The van der Waals surface area contributed by atoms with E-state index in [1.807, 2.05) is 0 Å². The van der Waals surface area contributed by atoms with Crippen molar-refractivity contribution in [2.24, 2.45) is 0 Å². The molecule has 2 heteroatoms. The van der Waals surface area contributed by atoms with Crippen LogP contribution in [0.1, 0.15) is 31.7 Å². The maximum atomic E-state index is 3.63. The first-order chi connectivity index (χ1) is 8.29. The number of rotatable bonds is 2. The molecule has 0 aliphatic carbocycles. The Kier molecular flexibility index (Phi) is 4.43. The molecular weight excluding hydrogens is 208 g/mol. The molecule has 1 aromatic carbocycles. The van der Waals surface area contributed by atoms with Crippen LogP contribution < -0.4 is 10.2 Å². The third kappa shape index (κ3) is 3.47. The number of anilines is 1. The quantitative estimate of drug-likeness (QED) is 0.843. The van der Waals surface area contributed by atoms with Gasteiger partial charge in [0.15, 0.2) is 0 Å². The molecule has 94 valence electrons. The zero-order chi connectivity index (χ0) is 12.1. The van der Waals surface area contributed by atoms with Crippen LogP contribution in [0.4, 0.5) is 5.69 Å². The Morgan fingerprint density at radius 3 is 3.00 bits per heavy atom. The summed E-state index contributed by atoms with van der Waals surface area (Å²) in [5.41, 5.74) is 2.75. The fraction of sp³-hybridized carbons (Fsp3) is 0.600. The van der Waals surface area contributed by atoms with E-state index in [0.717, 1.165) is 6.54 Å². The van der Waals surface area contributed by atoms with Gasteiger partial charge >= 0.3 is 0 Å². The Morgan fingerprint density at radius 1 is 1.35 bits per heavy atom. The largest absolute Gasteiger partial charge is 0.371 e. The summed E-state index contributed by atoms with van der Waals surface area (Å²) in [4.78, 5) is 2.54. The van der Waals surface area contributed by atoms with Crippen molar-refractivity contribution in [2.45, 2.75) is 39.2 Å². The molecule has 0 radical (unpaired) electrons. The van der Waals surface area contributed by atoms with Crippen LogP contribution in [0.15, 0.2) is 24.3 Å². The zero-order valence-electron chi connectivity index (χ0n) is 11.1. The van der Waals surface area contributed by atoms with E-state index in [9.17, 15) is 0 Å². The van der Waals surface area contributed by atoms with Gasteiger partial charge < -0.3 is 10.2 Å². The van der Waals surface area contributed by atoms with E-state index in [4.69, 9.17) is 0 Å². The zero-order valence-corrected chi connectivity index (χ0v) is 11.1. The van der Waals surface area contributed by atoms with Crippen LogP contribution in [-0.2, 0) is 0 Å². The lowest BCUT2D eigenvalue weighted by molar-refractivity contribution is 0.439. The molecule has 1 aliphatic heterocycles. The van der Waals surface area contributed by atoms with Crippen LogP contribution >= 0.6 is 0 Å². The lowest BCUT2D eigenvalue weighted by Gasteiger charge is -2.30. The van der Waals surface area contributed by atoms with Crippen LogP contribution in [-0.4, -0.2) is 25.7 Å². The molecule has 1 heterocycles.